The number of nitrogens with one attached hydrogen (secondary N) is 1. The maximum atomic E-state index is 3.45. The molecule has 0 spiro atoms. The summed E-state index contributed by atoms with van der Waals surface area (Å²) in [6, 6.07) is 8.65. The summed E-state index contributed by atoms with van der Waals surface area (Å²) in [7, 11) is 0. The molecule has 1 aliphatic rings. The average Bonchev–Trinajstić information content (AvgIpc) is 2.73. The van der Waals surface area contributed by atoms with Crippen LogP contribution in [-0.4, -0.2) is 6.54 Å². The first-order chi connectivity index (χ1) is 7.92. The van der Waals surface area contributed by atoms with E-state index in [0.717, 1.165) is 13.1 Å². The molecule has 0 saturated carbocycles. The van der Waals surface area contributed by atoms with Gasteiger partial charge in [0.1, 0.15) is 0 Å². The van der Waals surface area contributed by atoms with Gasteiger partial charge in [0.05, 0.1) is 5.69 Å². The van der Waals surface area contributed by atoms with Crippen LogP contribution in [-0.2, 0) is 6.54 Å². The molecule has 2 rings (SSSR count). The van der Waals surface area contributed by atoms with Crippen LogP contribution in [0.5, 0.6) is 0 Å². The van der Waals surface area contributed by atoms with E-state index in [2.05, 4.69) is 41.6 Å². The molecule has 0 amide bonds. The van der Waals surface area contributed by atoms with E-state index in [-0.39, 0.29) is 0 Å². The van der Waals surface area contributed by atoms with Gasteiger partial charge in [0.25, 0.3) is 0 Å². The second-order valence-corrected chi connectivity index (χ2v) is 4.53. The van der Waals surface area contributed by atoms with Gasteiger partial charge in [-0.15, -0.1) is 0 Å². The molecule has 0 aliphatic carbocycles. The number of hydrogen-bond acceptors (Lipinski definition) is 2. The van der Waals surface area contributed by atoms with Gasteiger partial charge in [-0.05, 0) is 18.1 Å². The Morgan fingerprint density at radius 2 is 1.94 bits per heavy atom. The molecule has 0 unspecified atom stereocenters. The van der Waals surface area contributed by atoms with Crippen LogP contribution in [0.15, 0.2) is 24.3 Å². The van der Waals surface area contributed by atoms with E-state index in [9.17, 15) is 0 Å². The molecule has 16 heavy (non-hydrogen) atoms. The standard InChI is InChI=1S/C14H22N2/c1-2-3-4-5-8-11-16-14-10-7-6-9-13(14)12-15-16/h6-7,9-10,15H,2-5,8,11-12H2,1H3. The van der Waals surface area contributed by atoms with E-state index in [4.69, 9.17) is 0 Å². The molecule has 1 heterocycles. The molecular weight excluding hydrogens is 196 g/mol. The smallest absolute Gasteiger partial charge is 0.0565 e. The highest BCUT2D eigenvalue weighted by atomic mass is 15.5. The monoisotopic (exact) mass is 218 g/mol. The SMILES string of the molecule is CCCCCCCN1NCc2ccccc21. The second-order valence-electron chi connectivity index (χ2n) is 4.53. The minimum Gasteiger partial charge on any atom is -0.308 e. The molecule has 88 valence electrons. The number of benzene rings is 1. The summed E-state index contributed by atoms with van der Waals surface area (Å²) < 4.78 is 0. The Kier molecular flexibility index (Phi) is 4.23. The Bertz CT molecular complexity index is 322. The summed E-state index contributed by atoms with van der Waals surface area (Å²) in [6.07, 6.45) is 6.73. The number of unbranched alkanes of at least 4 members (excludes halogenated alkanes) is 4. The van der Waals surface area contributed by atoms with Gasteiger partial charge in [0.15, 0.2) is 0 Å². The Morgan fingerprint density at radius 3 is 2.81 bits per heavy atom. The maximum Gasteiger partial charge on any atom is 0.0565 e. The predicted molar refractivity (Wildman–Crippen MR) is 69.4 cm³/mol. The number of nitrogens with zero attached hydrogens (tertiary/aromatic N) is 1. The van der Waals surface area contributed by atoms with Crippen LogP contribution in [0.1, 0.15) is 44.6 Å². The van der Waals surface area contributed by atoms with Crippen molar-refractivity contribution >= 4 is 5.69 Å². The molecule has 2 heteroatoms. The van der Waals surface area contributed by atoms with Gasteiger partial charge in [-0.3, -0.25) is 0 Å². The zero-order valence-corrected chi connectivity index (χ0v) is 10.2. The number of fused-ring (bicyclic) bond motifs is 1. The molecule has 1 aliphatic heterocycles. The molecule has 0 fully saturated rings. The van der Waals surface area contributed by atoms with Crippen molar-refractivity contribution < 1.29 is 0 Å². The third kappa shape index (κ3) is 2.76. The zero-order valence-electron chi connectivity index (χ0n) is 10.2. The van der Waals surface area contributed by atoms with E-state index in [1.807, 2.05) is 0 Å². The van der Waals surface area contributed by atoms with Crippen molar-refractivity contribution in [2.75, 3.05) is 11.6 Å². The number of para-hydroxylation sites is 1. The molecule has 0 aromatic heterocycles. The van der Waals surface area contributed by atoms with E-state index in [1.54, 1.807) is 0 Å². The quantitative estimate of drug-likeness (QED) is 0.735. The molecule has 1 N–H and O–H groups in total. The van der Waals surface area contributed by atoms with Gasteiger partial charge >= 0.3 is 0 Å². The number of rotatable bonds is 6. The lowest BCUT2D eigenvalue weighted by molar-refractivity contribution is 0.588. The molecule has 1 aromatic carbocycles. The molecule has 2 nitrogen and oxygen atoms in total. The van der Waals surface area contributed by atoms with Crippen molar-refractivity contribution in [3.63, 3.8) is 0 Å². The first-order valence-corrected chi connectivity index (χ1v) is 6.51. The molecule has 0 radical (unpaired) electrons. The zero-order chi connectivity index (χ0) is 11.2. The molecule has 1 aromatic rings. The molecule has 0 saturated heterocycles. The minimum absolute atomic E-state index is 0.991. The predicted octanol–water partition coefficient (Wildman–Crippen LogP) is 3.48. The fourth-order valence-corrected chi connectivity index (χ4v) is 2.26. The van der Waals surface area contributed by atoms with E-state index < -0.39 is 0 Å². The van der Waals surface area contributed by atoms with Gasteiger partial charge in [-0.25, -0.2) is 5.43 Å². The van der Waals surface area contributed by atoms with Crippen molar-refractivity contribution in [1.82, 2.24) is 5.43 Å². The van der Waals surface area contributed by atoms with Crippen molar-refractivity contribution in [3.8, 4) is 0 Å². The molecular formula is C14H22N2. The van der Waals surface area contributed by atoms with Crippen LogP contribution in [0.4, 0.5) is 5.69 Å². The number of hydrazine groups is 1. The Balaban J connectivity index is 1.76. The highest BCUT2D eigenvalue weighted by molar-refractivity contribution is 5.55. The highest BCUT2D eigenvalue weighted by Gasteiger charge is 2.16. The van der Waals surface area contributed by atoms with Gasteiger partial charge in [0.2, 0.25) is 0 Å². The van der Waals surface area contributed by atoms with Crippen molar-refractivity contribution in [1.29, 1.82) is 0 Å². The van der Waals surface area contributed by atoms with Gasteiger partial charge in [0, 0.05) is 13.1 Å². The summed E-state index contributed by atoms with van der Waals surface area (Å²) in [6.45, 7) is 4.39. The average molecular weight is 218 g/mol. The Labute approximate surface area is 98.6 Å². The lowest BCUT2D eigenvalue weighted by atomic mass is 10.1. The topological polar surface area (TPSA) is 15.3 Å². The summed E-state index contributed by atoms with van der Waals surface area (Å²) >= 11 is 0. The number of anilines is 1. The Hall–Kier alpha value is -1.02. The van der Waals surface area contributed by atoms with Crippen LogP contribution >= 0.6 is 0 Å². The third-order valence-electron chi connectivity index (χ3n) is 3.23. The maximum absolute atomic E-state index is 3.45. The van der Waals surface area contributed by atoms with Gasteiger partial charge in [-0.1, -0.05) is 50.8 Å². The van der Waals surface area contributed by atoms with E-state index >= 15 is 0 Å². The van der Waals surface area contributed by atoms with Gasteiger partial charge < -0.3 is 5.01 Å². The Morgan fingerprint density at radius 1 is 1.12 bits per heavy atom. The van der Waals surface area contributed by atoms with Crippen LogP contribution in [0, 0.1) is 0 Å². The summed E-state index contributed by atoms with van der Waals surface area (Å²) in [5.41, 5.74) is 6.25. The van der Waals surface area contributed by atoms with Crippen molar-refractivity contribution in [2.24, 2.45) is 0 Å². The first-order valence-electron chi connectivity index (χ1n) is 6.51. The molecule has 0 bridgehead atoms. The lowest BCUT2D eigenvalue weighted by Gasteiger charge is -2.19. The van der Waals surface area contributed by atoms with E-state index in [0.29, 0.717) is 0 Å². The second kappa shape index (κ2) is 5.90. The largest absolute Gasteiger partial charge is 0.308 e. The first kappa shape index (κ1) is 11.5. The number of hydrogen-bond donors (Lipinski definition) is 1. The van der Waals surface area contributed by atoms with Crippen molar-refractivity contribution in [3.05, 3.63) is 29.8 Å². The van der Waals surface area contributed by atoms with Crippen LogP contribution < -0.4 is 10.4 Å². The summed E-state index contributed by atoms with van der Waals surface area (Å²) in [5.74, 6) is 0. The summed E-state index contributed by atoms with van der Waals surface area (Å²) in [5, 5.41) is 2.31. The van der Waals surface area contributed by atoms with Crippen LogP contribution in [0.25, 0.3) is 0 Å². The van der Waals surface area contributed by atoms with Crippen molar-refractivity contribution in [2.45, 2.75) is 45.6 Å². The minimum atomic E-state index is 0.991. The van der Waals surface area contributed by atoms with Gasteiger partial charge in [-0.2, -0.15) is 0 Å². The fraction of sp³-hybridized carbons (Fsp3) is 0.571. The third-order valence-corrected chi connectivity index (χ3v) is 3.23. The normalized spacial score (nSPS) is 14.2. The lowest BCUT2D eigenvalue weighted by Crippen LogP contribution is -2.32. The summed E-state index contributed by atoms with van der Waals surface area (Å²) in [4.78, 5) is 0. The molecule has 0 atom stereocenters. The fourth-order valence-electron chi connectivity index (χ4n) is 2.26. The van der Waals surface area contributed by atoms with Crippen LogP contribution in [0.2, 0.25) is 0 Å². The van der Waals surface area contributed by atoms with Crippen LogP contribution in [0.3, 0.4) is 0 Å². The van der Waals surface area contributed by atoms with E-state index in [1.165, 1.54) is 43.4 Å². The highest BCUT2D eigenvalue weighted by Crippen LogP contribution is 2.24.